The lowest BCUT2D eigenvalue weighted by Crippen LogP contribution is -2.45. The number of aromatic nitrogens is 4. The van der Waals surface area contributed by atoms with Crippen LogP contribution < -0.4 is 0 Å². The van der Waals surface area contributed by atoms with Gasteiger partial charge in [-0.3, -0.25) is 4.79 Å². The van der Waals surface area contributed by atoms with Crippen LogP contribution in [0.4, 0.5) is 4.39 Å². The fourth-order valence-corrected chi connectivity index (χ4v) is 5.44. The van der Waals surface area contributed by atoms with Gasteiger partial charge in [0.2, 0.25) is 5.91 Å². The van der Waals surface area contributed by atoms with Crippen LogP contribution in [0.5, 0.6) is 0 Å². The van der Waals surface area contributed by atoms with E-state index in [-0.39, 0.29) is 16.9 Å². The zero-order valence-corrected chi connectivity index (χ0v) is 18.9. The Kier molecular flexibility index (Phi) is 5.62. The summed E-state index contributed by atoms with van der Waals surface area (Å²) in [6.45, 7) is 8.72. The fraction of sp³-hybridized carbons (Fsp3) is 0.500. The molecule has 1 aromatic heterocycles. The maximum atomic E-state index is 14.7. The lowest BCUT2D eigenvalue weighted by Gasteiger charge is -2.38. The minimum Gasteiger partial charge on any atom is -0.387 e. The van der Waals surface area contributed by atoms with Gasteiger partial charge in [0.15, 0.2) is 0 Å². The quantitative estimate of drug-likeness (QED) is 0.751. The van der Waals surface area contributed by atoms with Crippen LogP contribution in [0.2, 0.25) is 0 Å². The number of aliphatic hydroxyl groups is 1. The molecule has 1 aliphatic carbocycles. The first-order valence-electron chi connectivity index (χ1n) is 11.5. The van der Waals surface area contributed by atoms with Gasteiger partial charge in [-0.1, -0.05) is 18.2 Å². The van der Waals surface area contributed by atoms with Crippen molar-refractivity contribution >= 4 is 5.91 Å². The normalized spacial score (nSPS) is 22.1. The highest BCUT2D eigenvalue weighted by Crippen LogP contribution is 2.45. The minimum absolute atomic E-state index is 0.246. The first kappa shape index (κ1) is 21.9. The Bertz CT molecular complexity index is 1100. The first-order chi connectivity index (χ1) is 15.9. The van der Waals surface area contributed by atoms with Crippen molar-refractivity contribution in [3.63, 3.8) is 0 Å². The maximum Gasteiger partial charge on any atom is 0.233 e. The predicted molar refractivity (Wildman–Crippen MR) is 120 cm³/mol. The van der Waals surface area contributed by atoms with E-state index in [0.29, 0.717) is 25.3 Å². The molecule has 1 atom stereocenters. The van der Waals surface area contributed by atoms with Crippen LogP contribution in [0.25, 0.3) is 5.69 Å². The van der Waals surface area contributed by atoms with E-state index in [1.54, 1.807) is 12.1 Å². The number of allylic oxidation sites excluding steroid dienone is 3. The van der Waals surface area contributed by atoms with Gasteiger partial charge in [0.05, 0.1) is 17.2 Å². The Labute approximate surface area is 192 Å². The standard InChI is InChI=1S/C24H29FN6O2/c1-16-3-6-21(17(16)2)30-12-9-24(23(30)33)7-10-29(11-8-24)14-22(32)19-5-4-18(13-20(19)25)31-15-26-27-28-31/h4-5,13,15,22,32H,1,3,6-12,14H2,2H3. The molecule has 0 saturated carbocycles. The number of hydrogen-bond donors (Lipinski definition) is 1. The highest BCUT2D eigenvalue weighted by molar-refractivity contribution is 5.87. The van der Waals surface area contributed by atoms with Crippen LogP contribution in [0, 0.1) is 11.2 Å². The van der Waals surface area contributed by atoms with Crippen LogP contribution in [-0.2, 0) is 4.79 Å². The van der Waals surface area contributed by atoms with Crippen molar-refractivity contribution in [1.82, 2.24) is 30.0 Å². The maximum absolute atomic E-state index is 14.7. The molecule has 2 aliphatic heterocycles. The number of β-amino-alcohol motifs (C(OH)–C–C–N with tert-alkyl or cyclic N) is 1. The molecule has 0 bridgehead atoms. The molecule has 8 nitrogen and oxygen atoms in total. The SMILES string of the molecule is C=C1CCC(N2CCC3(CCN(CC(O)c4ccc(-n5cnnn5)cc4F)CC3)C2=O)=C1C. The number of halogens is 1. The monoisotopic (exact) mass is 452 g/mol. The average molecular weight is 453 g/mol. The van der Waals surface area contributed by atoms with E-state index in [1.807, 2.05) is 4.90 Å². The zero-order chi connectivity index (χ0) is 23.2. The molecule has 33 heavy (non-hydrogen) atoms. The summed E-state index contributed by atoms with van der Waals surface area (Å²) < 4.78 is 16.0. The van der Waals surface area contributed by atoms with Gasteiger partial charge in [0.1, 0.15) is 12.1 Å². The number of benzene rings is 1. The summed E-state index contributed by atoms with van der Waals surface area (Å²) in [5.41, 5.74) is 3.90. The largest absolute Gasteiger partial charge is 0.387 e. The molecule has 1 aromatic carbocycles. The van der Waals surface area contributed by atoms with Crippen molar-refractivity contribution in [2.24, 2.45) is 5.41 Å². The van der Waals surface area contributed by atoms with Gasteiger partial charge in [-0.15, -0.1) is 5.10 Å². The van der Waals surface area contributed by atoms with Crippen LogP contribution in [0.15, 0.2) is 47.9 Å². The molecule has 3 aliphatic rings. The molecule has 2 fully saturated rings. The Morgan fingerprint density at radius 1 is 1.21 bits per heavy atom. The second kappa shape index (κ2) is 8.46. The van der Waals surface area contributed by atoms with Gasteiger partial charge in [-0.25, -0.2) is 9.07 Å². The topological polar surface area (TPSA) is 87.4 Å². The molecule has 9 heteroatoms. The van der Waals surface area contributed by atoms with E-state index in [0.717, 1.165) is 49.9 Å². The third-order valence-corrected chi connectivity index (χ3v) is 7.67. The Balaban J connectivity index is 1.21. The van der Waals surface area contributed by atoms with E-state index in [1.165, 1.54) is 22.6 Å². The molecular weight excluding hydrogens is 423 g/mol. The summed E-state index contributed by atoms with van der Waals surface area (Å²) in [4.78, 5) is 17.5. The van der Waals surface area contributed by atoms with Gasteiger partial charge in [-0.05, 0) is 74.2 Å². The van der Waals surface area contributed by atoms with E-state index in [9.17, 15) is 14.3 Å². The van der Waals surface area contributed by atoms with Crippen molar-refractivity contribution in [3.05, 3.63) is 59.3 Å². The van der Waals surface area contributed by atoms with E-state index in [4.69, 9.17) is 0 Å². The van der Waals surface area contributed by atoms with E-state index in [2.05, 4.69) is 33.9 Å². The number of nitrogens with zero attached hydrogens (tertiary/aromatic N) is 6. The summed E-state index contributed by atoms with van der Waals surface area (Å²) in [6, 6.07) is 4.58. The molecule has 1 N–H and O–H groups in total. The number of amides is 1. The van der Waals surface area contributed by atoms with Crippen molar-refractivity contribution < 1.29 is 14.3 Å². The van der Waals surface area contributed by atoms with Crippen LogP contribution in [-0.4, -0.2) is 67.2 Å². The predicted octanol–water partition coefficient (Wildman–Crippen LogP) is 2.77. The number of tetrazole rings is 1. The van der Waals surface area contributed by atoms with Gasteiger partial charge >= 0.3 is 0 Å². The Hall–Kier alpha value is -2.91. The van der Waals surface area contributed by atoms with Gasteiger partial charge < -0.3 is 14.9 Å². The highest BCUT2D eigenvalue weighted by Gasteiger charge is 2.49. The molecule has 1 unspecified atom stereocenters. The molecule has 1 amide bonds. The van der Waals surface area contributed by atoms with Crippen molar-refractivity contribution in [2.75, 3.05) is 26.2 Å². The number of piperidine rings is 1. The Morgan fingerprint density at radius 3 is 2.61 bits per heavy atom. The van der Waals surface area contributed by atoms with Crippen LogP contribution >= 0.6 is 0 Å². The minimum atomic E-state index is -0.949. The van der Waals surface area contributed by atoms with Gasteiger partial charge in [0, 0.05) is 30.4 Å². The smallest absolute Gasteiger partial charge is 0.233 e. The third-order valence-electron chi connectivity index (χ3n) is 7.67. The number of hydrogen-bond acceptors (Lipinski definition) is 6. The molecule has 3 heterocycles. The first-order valence-corrected chi connectivity index (χ1v) is 11.5. The molecule has 1 spiro atoms. The highest BCUT2D eigenvalue weighted by atomic mass is 19.1. The van der Waals surface area contributed by atoms with Gasteiger partial charge in [0.25, 0.3) is 0 Å². The molecule has 0 radical (unpaired) electrons. The molecule has 2 saturated heterocycles. The second-order valence-corrected chi connectivity index (χ2v) is 9.44. The summed E-state index contributed by atoms with van der Waals surface area (Å²) >= 11 is 0. The molecular formula is C24H29FN6O2. The average Bonchev–Trinajstić information content (AvgIpc) is 3.53. The lowest BCUT2D eigenvalue weighted by molar-refractivity contribution is -0.137. The molecule has 174 valence electrons. The second-order valence-electron chi connectivity index (χ2n) is 9.44. The summed E-state index contributed by atoms with van der Waals surface area (Å²) in [6.07, 6.45) is 4.69. The van der Waals surface area contributed by atoms with Crippen molar-refractivity contribution in [1.29, 1.82) is 0 Å². The van der Waals surface area contributed by atoms with Gasteiger partial charge in [-0.2, -0.15) is 0 Å². The fourth-order valence-electron chi connectivity index (χ4n) is 5.44. The number of carbonyl (C=O) groups is 1. The van der Waals surface area contributed by atoms with E-state index < -0.39 is 11.9 Å². The summed E-state index contributed by atoms with van der Waals surface area (Å²) in [5, 5.41) is 21.6. The number of aliphatic hydroxyl groups excluding tert-OH is 1. The number of likely N-dealkylation sites (tertiary alicyclic amines) is 2. The third kappa shape index (κ3) is 3.89. The van der Waals surface area contributed by atoms with Crippen LogP contribution in [0.1, 0.15) is 50.7 Å². The van der Waals surface area contributed by atoms with Crippen molar-refractivity contribution in [2.45, 2.75) is 45.1 Å². The Morgan fingerprint density at radius 2 is 1.97 bits per heavy atom. The van der Waals surface area contributed by atoms with Crippen LogP contribution in [0.3, 0.4) is 0 Å². The molecule has 5 rings (SSSR count). The van der Waals surface area contributed by atoms with Crippen molar-refractivity contribution in [3.8, 4) is 5.69 Å². The van der Waals surface area contributed by atoms with E-state index >= 15 is 0 Å². The molecule has 2 aromatic rings. The zero-order valence-electron chi connectivity index (χ0n) is 18.9. The lowest BCUT2D eigenvalue weighted by atomic mass is 9.77. The summed E-state index contributed by atoms with van der Waals surface area (Å²) in [5.74, 6) is -0.247. The number of rotatable bonds is 5. The number of carbonyl (C=O) groups excluding carboxylic acids is 1. The summed E-state index contributed by atoms with van der Waals surface area (Å²) in [7, 11) is 0.